The number of anilines is 1. The zero-order valence-corrected chi connectivity index (χ0v) is 12.4. The third-order valence-corrected chi connectivity index (χ3v) is 3.54. The number of carbonyl (C=O) groups excluding carboxylic acids is 1. The maximum absolute atomic E-state index is 12.7. The molecule has 0 spiro atoms. The molecule has 3 aromatic rings. The highest BCUT2D eigenvalue weighted by Crippen LogP contribution is 2.21. The molecule has 104 valence electrons. The van der Waals surface area contributed by atoms with Crippen LogP contribution in [0.1, 0.15) is 10.4 Å². The summed E-state index contributed by atoms with van der Waals surface area (Å²) in [6.45, 7) is 0. The largest absolute Gasteiger partial charge is 0.321 e. The molecule has 21 heavy (non-hydrogen) atoms. The van der Waals surface area contributed by atoms with Gasteiger partial charge in [0.05, 0.1) is 11.9 Å². The van der Waals surface area contributed by atoms with Gasteiger partial charge < -0.3 is 5.32 Å². The van der Waals surface area contributed by atoms with E-state index < -0.39 is 5.95 Å². The van der Waals surface area contributed by atoms with Crippen LogP contribution in [0.2, 0.25) is 0 Å². The number of amides is 1. The Balaban J connectivity index is 1.87. The number of fused-ring (bicyclic) bond motifs is 1. The molecule has 0 unspecified atom stereocenters. The summed E-state index contributed by atoms with van der Waals surface area (Å²) >= 11 is 3.41. The minimum Gasteiger partial charge on any atom is -0.321 e. The van der Waals surface area contributed by atoms with Crippen LogP contribution in [0.4, 0.5) is 10.1 Å². The molecule has 0 aliphatic heterocycles. The number of nitrogens with zero attached hydrogens (tertiary/aromatic N) is 1. The molecule has 1 amide bonds. The molecule has 1 heterocycles. The van der Waals surface area contributed by atoms with Crippen molar-refractivity contribution in [1.82, 2.24) is 4.98 Å². The lowest BCUT2D eigenvalue weighted by molar-refractivity contribution is 0.102. The van der Waals surface area contributed by atoms with Crippen molar-refractivity contribution >= 4 is 38.3 Å². The Bertz CT molecular complexity index is 818. The molecule has 1 aromatic heterocycles. The molecule has 0 saturated carbocycles. The second kappa shape index (κ2) is 5.61. The van der Waals surface area contributed by atoms with E-state index >= 15 is 0 Å². The number of carbonyl (C=O) groups is 1. The quantitative estimate of drug-likeness (QED) is 0.700. The van der Waals surface area contributed by atoms with Crippen LogP contribution in [-0.4, -0.2) is 10.9 Å². The highest BCUT2D eigenvalue weighted by Gasteiger charge is 2.07. The Kier molecular flexibility index (Phi) is 3.66. The Morgan fingerprint density at radius 2 is 1.81 bits per heavy atom. The van der Waals surface area contributed by atoms with Crippen molar-refractivity contribution in [2.75, 3.05) is 5.32 Å². The van der Waals surface area contributed by atoms with Gasteiger partial charge >= 0.3 is 0 Å². The predicted octanol–water partition coefficient (Wildman–Crippen LogP) is 4.39. The van der Waals surface area contributed by atoms with Crippen molar-refractivity contribution in [2.45, 2.75) is 0 Å². The smallest absolute Gasteiger partial charge is 0.255 e. The van der Waals surface area contributed by atoms with Gasteiger partial charge in [-0.05, 0) is 47.2 Å². The van der Waals surface area contributed by atoms with Gasteiger partial charge in [-0.3, -0.25) is 4.79 Å². The van der Waals surface area contributed by atoms with E-state index in [0.717, 1.165) is 15.2 Å². The fraction of sp³-hybridized carbons (Fsp3) is 0. The maximum atomic E-state index is 12.7. The predicted molar refractivity (Wildman–Crippen MR) is 83.8 cm³/mol. The molecular formula is C16H10BrFN2O. The molecule has 3 rings (SSSR count). The number of nitrogens with one attached hydrogen (secondary N) is 1. The summed E-state index contributed by atoms with van der Waals surface area (Å²) in [6.07, 6.45) is 1.28. The fourth-order valence-corrected chi connectivity index (χ4v) is 2.39. The van der Waals surface area contributed by atoms with Crippen molar-refractivity contribution in [3.05, 3.63) is 70.7 Å². The first-order chi connectivity index (χ1) is 10.1. The highest BCUT2D eigenvalue weighted by molar-refractivity contribution is 9.10. The standard InChI is InChI=1S/C16H10BrFN2O/c17-13-4-3-10-7-12(2-1-11(10)8-13)16(21)20-14-5-6-15(18)19-9-14/h1-9H,(H,20,21). The highest BCUT2D eigenvalue weighted by atomic mass is 79.9. The SMILES string of the molecule is O=C(Nc1ccc(F)nc1)c1ccc2cc(Br)ccc2c1. The van der Waals surface area contributed by atoms with Gasteiger partial charge in [0.25, 0.3) is 5.91 Å². The van der Waals surface area contributed by atoms with Gasteiger partial charge in [0.1, 0.15) is 0 Å². The Labute approximate surface area is 128 Å². The summed E-state index contributed by atoms with van der Waals surface area (Å²) in [6, 6.07) is 14.0. The number of halogens is 2. The van der Waals surface area contributed by atoms with Crippen LogP contribution in [0, 0.1) is 5.95 Å². The topological polar surface area (TPSA) is 42.0 Å². The number of hydrogen-bond donors (Lipinski definition) is 1. The summed E-state index contributed by atoms with van der Waals surface area (Å²) < 4.78 is 13.7. The van der Waals surface area contributed by atoms with E-state index in [-0.39, 0.29) is 5.91 Å². The third-order valence-electron chi connectivity index (χ3n) is 3.05. The van der Waals surface area contributed by atoms with Crippen LogP contribution in [0.15, 0.2) is 59.2 Å². The van der Waals surface area contributed by atoms with Gasteiger partial charge in [-0.1, -0.05) is 28.1 Å². The number of aromatic nitrogens is 1. The lowest BCUT2D eigenvalue weighted by Crippen LogP contribution is -2.12. The van der Waals surface area contributed by atoms with Gasteiger partial charge in [0, 0.05) is 10.0 Å². The summed E-state index contributed by atoms with van der Waals surface area (Å²) in [4.78, 5) is 15.7. The van der Waals surface area contributed by atoms with Gasteiger partial charge in [0.2, 0.25) is 5.95 Å². The number of rotatable bonds is 2. The number of hydrogen-bond acceptors (Lipinski definition) is 2. The van der Waals surface area contributed by atoms with Gasteiger partial charge in [-0.15, -0.1) is 0 Å². The number of benzene rings is 2. The van der Waals surface area contributed by atoms with E-state index in [1.807, 2.05) is 30.3 Å². The molecule has 0 atom stereocenters. The molecule has 0 bridgehead atoms. The van der Waals surface area contributed by atoms with Crippen molar-refractivity contribution in [2.24, 2.45) is 0 Å². The Morgan fingerprint density at radius 3 is 2.57 bits per heavy atom. The van der Waals surface area contributed by atoms with E-state index in [4.69, 9.17) is 0 Å². The lowest BCUT2D eigenvalue weighted by Gasteiger charge is -2.06. The molecule has 0 aliphatic rings. The minimum absolute atomic E-state index is 0.256. The van der Waals surface area contributed by atoms with Crippen LogP contribution in [0.3, 0.4) is 0 Å². The lowest BCUT2D eigenvalue weighted by atomic mass is 10.1. The van der Waals surface area contributed by atoms with E-state index in [1.54, 1.807) is 6.07 Å². The molecule has 0 radical (unpaired) electrons. The first kappa shape index (κ1) is 13.7. The maximum Gasteiger partial charge on any atom is 0.255 e. The van der Waals surface area contributed by atoms with Crippen LogP contribution >= 0.6 is 15.9 Å². The van der Waals surface area contributed by atoms with Gasteiger partial charge in [-0.25, -0.2) is 4.98 Å². The fourth-order valence-electron chi connectivity index (χ4n) is 2.01. The summed E-state index contributed by atoms with van der Waals surface area (Å²) in [5.41, 5.74) is 0.992. The Hall–Kier alpha value is -2.27. The first-order valence-corrected chi connectivity index (χ1v) is 7.03. The zero-order chi connectivity index (χ0) is 14.8. The van der Waals surface area contributed by atoms with Crippen molar-refractivity contribution in [3.8, 4) is 0 Å². The molecule has 2 aromatic carbocycles. The Morgan fingerprint density at radius 1 is 1.05 bits per heavy atom. The molecule has 0 fully saturated rings. The molecule has 0 saturated heterocycles. The van der Waals surface area contributed by atoms with Gasteiger partial charge in [0.15, 0.2) is 0 Å². The summed E-state index contributed by atoms with van der Waals surface area (Å²) in [7, 11) is 0. The molecular weight excluding hydrogens is 335 g/mol. The second-order valence-electron chi connectivity index (χ2n) is 4.53. The molecule has 1 N–H and O–H groups in total. The van der Waals surface area contributed by atoms with Gasteiger partial charge in [-0.2, -0.15) is 4.39 Å². The normalized spacial score (nSPS) is 10.6. The van der Waals surface area contributed by atoms with Crippen LogP contribution in [0.5, 0.6) is 0 Å². The average molecular weight is 345 g/mol. The molecule has 3 nitrogen and oxygen atoms in total. The average Bonchev–Trinajstić information content (AvgIpc) is 2.49. The summed E-state index contributed by atoms with van der Waals surface area (Å²) in [5.74, 6) is -0.836. The van der Waals surface area contributed by atoms with Crippen molar-refractivity contribution in [3.63, 3.8) is 0 Å². The monoisotopic (exact) mass is 344 g/mol. The van der Waals surface area contributed by atoms with E-state index in [9.17, 15) is 9.18 Å². The van der Waals surface area contributed by atoms with Crippen molar-refractivity contribution in [1.29, 1.82) is 0 Å². The van der Waals surface area contributed by atoms with Crippen LogP contribution < -0.4 is 5.32 Å². The summed E-state index contributed by atoms with van der Waals surface area (Å²) in [5, 5.41) is 4.70. The zero-order valence-electron chi connectivity index (χ0n) is 10.8. The van der Waals surface area contributed by atoms with E-state index in [0.29, 0.717) is 11.3 Å². The number of pyridine rings is 1. The first-order valence-electron chi connectivity index (χ1n) is 6.24. The van der Waals surface area contributed by atoms with E-state index in [2.05, 4.69) is 26.2 Å². The van der Waals surface area contributed by atoms with Crippen molar-refractivity contribution < 1.29 is 9.18 Å². The van der Waals surface area contributed by atoms with Crippen LogP contribution in [0.25, 0.3) is 10.8 Å². The molecule has 5 heteroatoms. The van der Waals surface area contributed by atoms with E-state index in [1.165, 1.54) is 18.3 Å². The minimum atomic E-state index is -0.579. The second-order valence-corrected chi connectivity index (χ2v) is 5.45. The third kappa shape index (κ3) is 3.08. The molecule has 0 aliphatic carbocycles. The van der Waals surface area contributed by atoms with Crippen LogP contribution in [-0.2, 0) is 0 Å².